The highest BCUT2D eigenvalue weighted by molar-refractivity contribution is 6.74. The van der Waals surface area contributed by atoms with Crippen LogP contribution in [0, 0.1) is 48.5 Å². The van der Waals surface area contributed by atoms with Crippen LogP contribution in [0.4, 0.5) is 30.2 Å². The second-order valence-electron chi connectivity index (χ2n) is 21.9. The van der Waals surface area contributed by atoms with Crippen LogP contribution < -0.4 is 9.80 Å². The molecule has 4 fully saturated rings. The summed E-state index contributed by atoms with van der Waals surface area (Å²) in [6, 6.07) is 9.43. The fourth-order valence-electron chi connectivity index (χ4n) is 9.76. The third-order valence-electron chi connectivity index (χ3n) is 15.3. The third-order valence-corrected chi connectivity index (χ3v) is 24.0. The number of imide groups is 2. The number of fused-ring (bicyclic) bond motifs is 10. The van der Waals surface area contributed by atoms with Crippen molar-refractivity contribution >= 4 is 57.3 Å². The molecular weight excluding hydrogens is 874 g/mol. The van der Waals surface area contributed by atoms with Gasteiger partial charge in [-0.25, -0.2) is 14.6 Å². The molecule has 12 nitrogen and oxygen atoms in total. The number of alkyl halides is 3. The summed E-state index contributed by atoms with van der Waals surface area (Å²) in [5, 5.41) is 8.94. The lowest BCUT2D eigenvalue weighted by molar-refractivity contribution is -0.138. The Morgan fingerprint density at radius 2 is 1.08 bits per heavy atom. The van der Waals surface area contributed by atoms with E-state index in [-0.39, 0.29) is 27.6 Å². The maximum Gasteiger partial charge on any atom is 0.417 e. The number of nitrogens with zero attached hydrogens (tertiary/aromatic N) is 4. The van der Waals surface area contributed by atoms with Gasteiger partial charge < -0.3 is 18.3 Å². The number of benzene rings is 2. The predicted molar refractivity (Wildman–Crippen MR) is 241 cm³/mol. The Bertz CT molecular complexity index is 2620. The molecule has 4 amide bonds. The lowest BCUT2D eigenvalue weighted by atomic mass is 9.72. The van der Waals surface area contributed by atoms with Crippen LogP contribution in [-0.4, -0.2) is 62.7 Å². The Hall–Kier alpha value is -5.08. The number of carbonyl (C=O) groups excluding carboxylic acids is 4. The molecule has 65 heavy (non-hydrogen) atoms. The van der Waals surface area contributed by atoms with Gasteiger partial charge in [0.25, 0.3) is 0 Å². The number of amides is 4. The number of ether oxygens (including phenoxy) is 2. The molecule has 2 aromatic rings. The van der Waals surface area contributed by atoms with Gasteiger partial charge in [0.15, 0.2) is 5.69 Å². The van der Waals surface area contributed by atoms with Gasteiger partial charge in [0.1, 0.15) is 33.9 Å². The summed E-state index contributed by atoms with van der Waals surface area (Å²) in [7, 11) is -4.46. The summed E-state index contributed by atoms with van der Waals surface area (Å²) >= 11 is 0. The Balaban J connectivity index is 0.000000195. The predicted octanol–water partition coefficient (Wildman–Crippen LogP) is 10.3. The average molecular weight is 931 g/mol. The fraction of sp³-hybridized carbons (Fsp3) is 0.542. The number of aryl methyl sites for hydroxylation is 1. The van der Waals surface area contributed by atoms with E-state index in [1.165, 1.54) is 17.0 Å². The Labute approximate surface area is 380 Å². The first-order chi connectivity index (χ1) is 29.5. The van der Waals surface area contributed by atoms with Gasteiger partial charge in [-0.1, -0.05) is 47.6 Å². The number of hydrogen-bond donors (Lipinski definition) is 0. The minimum atomic E-state index is -4.81. The molecule has 4 unspecified atom stereocenters. The SMILES string of the molecule is CC12C=C(O[Si](C)(C)C(C)(C)C)C(C)(O1)[C@H]1C(=O)N(c3ccc(C#N)c(C(F)(F)F)c3)C(=O)[C@H]12.[C-]#[N+]c1ccc(N2C(=O)[C@@H]3[C@H](C2=O)C2(C)C=C(O[Si](C)(C)C(C)(C)C)C3(C)O2)cc1C. The van der Waals surface area contributed by atoms with Crippen LogP contribution in [0.3, 0.4) is 0 Å². The average Bonchev–Trinajstić information content (AvgIpc) is 3.90. The first-order valence-electron chi connectivity index (χ1n) is 21.6. The van der Waals surface area contributed by atoms with E-state index in [0.717, 1.165) is 16.5 Å². The summed E-state index contributed by atoms with van der Waals surface area (Å²) in [6.45, 7) is 37.4. The molecule has 8 rings (SSSR count). The lowest BCUT2D eigenvalue weighted by Crippen LogP contribution is -2.47. The molecule has 6 heterocycles. The van der Waals surface area contributed by atoms with Gasteiger partial charge >= 0.3 is 6.18 Å². The van der Waals surface area contributed by atoms with E-state index in [1.807, 2.05) is 26.8 Å². The van der Waals surface area contributed by atoms with Gasteiger partial charge in [0.05, 0.1) is 53.1 Å². The first kappa shape index (κ1) is 47.9. The van der Waals surface area contributed by atoms with Gasteiger partial charge in [-0.2, -0.15) is 18.4 Å². The molecule has 17 heteroatoms. The molecule has 0 spiro atoms. The van der Waals surface area contributed by atoms with Crippen LogP contribution in [0.25, 0.3) is 4.85 Å². The molecular formula is C48H57F3N4O8Si2. The summed E-state index contributed by atoms with van der Waals surface area (Å²) in [4.78, 5) is 59.6. The molecule has 8 atom stereocenters. The van der Waals surface area contributed by atoms with E-state index in [0.29, 0.717) is 29.0 Å². The van der Waals surface area contributed by atoms with Gasteiger partial charge in [-0.05, 0) is 119 Å². The third kappa shape index (κ3) is 7.02. The van der Waals surface area contributed by atoms with Crippen molar-refractivity contribution in [3.8, 4) is 6.07 Å². The summed E-state index contributed by atoms with van der Waals surface area (Å²) in [5.74, 6) is -3.62. The van der Waals surface area contributed by atoms with E-state index in [4.69, 9.17) is 30.2 Å². The molecule has 0 radical (unpaired) electrons. The number of carbonyl (C=O) groups is 4. The molecule has 0 saturated carbocycles. The van der Waals surface area contributed by atoms with Crippen LogP contribution in [0.5, 0.6) is 0 Å². The van der Waals surface area contributed by atoms with Gasteiger partial charge in [-0.3, -0.25) is 19.2 Å². The van der Waals surface area contributed by atoms with Gasteiger partial charge in [0, 0.05) is 5.69 Å². The molecule has 0 N–H and O–H groups in total. The molecule has 0 aromatic heterocycles. The Kier molecular flexibility index (Phi) is 10.7. The summed E-state index contributed by atoms with van der Waals surface area (Å²) in [5.41, 5.74) is -4.42. The van der Waals surface area contributed by atoms with Crippen LogP contribution in [-0.2, 0) is 43.7 Å². The number of hydrogen-bond acceptors (Lipinski definition) is 9. The molecule has 4 bridgehead atoms. The number of rotatable bonds is 6. The van der Waals surface area contributed by atoms with Crippen molar-refractivity contribution in [1.82, 2.24) is 0 Å². The highest BCUT2D eigenvalue weighted by atomic mass is 28.4. The largest absolute Gasteiger partial charge is 0.544 e. The zero-order valence-corrected chi connectivity index (χ0v) is 41.6. The minimum absolute atomic E-state index is 0.00391. The van der Waals surface area contributed by atoms with Gasteiger partial charge in [-0.15, -0.1) is 0 Å². The van der Waals surface area contributed by atoms with Crippen molar-refractivity contribution in [2.75, 3.05) is 9.80 Å². The van der Waals surface area contributed by atoms with Crippen LogP contribution >= 0.6 is 0 Å². The van der Waals surface area contributed by atoms with Crippen molar-refractivity contribution in [3.05, 3.63) is 88.2 Å². The van der Waals surface area contributed by atoms with Gasteiger partial charge in [0.2, 0.25) is 40.3 Å². The quantitative estimate of drug-likeness (QED) is 0.157. The van der Waals surface area contributed by atoms with Crippen LogP contribution in [0.15, 0.2) is 60.1 Å². The zero-order valence-electron chi connectivity index (χ0n) is 39.6. The van der Waals surface area contributed by atoms with E-state index in [1.54, 1.807) is 38.1 Å². The topological polar surface area (TPSA) is 140 Å². The first-order valence-corrected chi connectivity index (χ1v) is 27.5. The molecule has 346 valence electrons. The summed E-state index contributed by atoms with van der Waals surface area (Å²) in [6.07, 6.45) is -1.13. The molecule has 0 aliphatic carbocycles. The second-order valence-corrected chi connectivity index (χ2v) is 31.3. The van der Waals surface area contributed by atoms with Crippen LogP contribution in [0.1, 0.15) is 85.9 Å². The van der Waals surface area contributed by atoms with E-state index in [2.05, 4.69) is 72.6 Å². The maximum atomic E-state index is 13.6. The number of nitriles is 1. The van der Waals surface area contributed by atoms with Crippen LogP contribution in [0.2, 0.25) is 36.3 Å². The second kappa shape index (κ2) is 14.5. The Morgan fingerprint density at radius 1 is 0.692 bits per heavy atom. The zero-order chi connectivity index (χ0) is 48.8. The van der Waals surface area contributed by atoms with E-state index < -0.39 is 91.8 Å². The molecule has 2 aromatic carbocycles. The van der Waals surface area contributed by atoms with Crippen molar-refractivity contribution in [3.63, 3.8) is 0 Å². The fourth-order valence-corrected chi connectivity index (χ4v) is 12.0. The minimum Gasteiger partial charge on any atom is -0.544 e. The molecule has 6 aliphatic rings. The van der Waals surface area contributed by atoms with Crippen molar-refractivity contribution < 1.29 is 50.7 Å². The normalized spacial score (nSPS) is 31.6. The van der Waals surface area contributed by atoms with E-state index >= 15 is 0 Å². The lowest BCUT2D eigenvalue weighted by Gasteiger charge is -2.41. The highest BCUT2D eigenvalue weighted by Crippen LogP contribution is 2.63. The number of halogens is 3. The maximum absolute atomic E-state index is 13.6. The van der Waals surface area contributed by atoms with Crippen molar-refractivity contribution in [2.45, 2.75) is 141 Å². The monoisotopic (exact) mass is 930 g/mol. The Morgan fingerprint density at radius 3 is 1.43 bits per heavy atom. The molecule has 6 aliphatic heterocycles. The standard InChI is InChI=1S/C24H27F3N2O4Si.C24H30N2O4Si/c1-21(2,3)34(6,7)32-16-11-22(4)17-18(23(16,5)33-22)20(31)29(19(17)30)14-9-8-13(12-28)15(10-14)24(25,26)27;1-14-12-15(10-11-16(14)25-7)26-20(27)18-19(21(26)28)24(6)17(13-23(18,5)30-24)29-31(8,9)22(2,3)4/h8-11,17-18H,1-7H3;10-13,18-19H,1-6,8-9H3/t17-,18+,22?,23?;18-,19+,23?,24?/m01/s1. The smallest absolute Gasteiger partial charge is 0.417 e. The van der Waals surface area contributed by atoms with E-state index in [9.17, 15) is 32.3 Å². The summed E-state index contributed by atoms with van der Waals surface area (Å²) < 4.78 is 66.2. The van der Waals surface area contributed by atoms with Crippen molar-refractivity contribution in [2.24, 2.45) is 23.7 Å². The number of anilines is 2. The van der Waals surface area contributed by atoms with Crippen molar-refractivity contribution in [1.29, 1.82) is 5.26 Å². The molecule has 4 saturated heterocycles. The highest BCUT2D eigenvalue weighted by Gasteiger charge is 2.76.